The van der Waals surface area contributed by atoms with Gasteiger partial charge in [0.1, 0.15) is 0 Å². The molecule has 0 aromatic rings. The van der Waals surface area contributed by atoms with Gasteiger partial charge in [-0.3, -0.25) is 0 Å². The van der Waals surface area contributed by atoms with Crippen molar-refractivity contribution < 1.29 is 17.9 Å². The summed E-state index contributed by atoms with van der Waals surface area (Å²) in [7, 11) is -0.0358. The lowest BCUT2D eigenvalue weighted by Crippen LogP contribution is -2.29. The van der Waals surface area contributed by atoms with Crippen LogP contribution >= 0.6 is 0 Å². The van der Waals surface area contributed by atoms with Crippen LogP contribution in [-0.4, -0.2) is 46.9 Å². The van der Waals surface area contributed by atoms with Gasteiger partial charge in [0.15, 0.2) is 9.84 Å². The van der Waals surface area contributed by atoms with E-state index in [1.165, 1.54) is 14.2 Å². The topological polar surface area (TPSA) is 52.6 Å². The van der Waals surface area contributed by atoms with E-state index in [0.717, 1.165) is 6.42 Å². The summed E-state index contributed by atoms with van der Waals surface area (Å²) in [5, 5.41) is -0.382. The fraction of sp³-hybridized carbons (Fsp3) is 1.00. The first-order valence-electron chi connectivity index (χ1n) is 4.78. The molecule has 0 spiro atoms. The molecule has 4 nitrogen and oxygen atoms in total. The van der Waals surface area contributed by atoms with Crippen molar-refractivity contribution in [3.05, 3.63) is 0 Å². The summed E-state index contributed by atoms with van der Waals surface area (Å²) in [6.07, 6.45) is 1.50. The molecule has 5 heteroatoms. The molecule has 0 heterocycles. The molecule has 0 aliphatic rings. The van der Waals surface area contributed by atoms with Crippen molar-refractivity contribution in [2.45, 2.75) is 25.0 Å². The molecule has 0 aliphatic carbocycles. The van der Waals surface area contributed by atoms with E-state index in [0.29, 0.717) is 6.42 Å². The zero-order valence-corrected chi connectivity index (χ0v) is 9.97. The summed E-state index contributed by atoms with van der Waals surface area (Å²) >= 11 is 0. The van der Waals surface area contributed by atoms with E-state index in [4.69, 9.17) is 9.47 Å². The van der Waals surface area contributed by atoms with Crippen LogP contribution in [0, 0.1) is 0 Å². The van der Waals surface area contributed by atoms with Crippen LogP contribution in [0.5, 0.6) is 0 Å². The molecule has 0 amide bonds. The first kappa shape index (κ1) is 13.9. The van der Waals surface area contributed by atoms with Gasteiger partial charge in [0.2, 0.25) is 0 Å². The monoisotopic (exact) mass is 224 g/mol. The van der Waals surface area contributed by atoms with Gasteiger partial charge >= 0.3 is 0 Å². The molecule has 0 aromatic heterocycles. The number of methoxy groups -OCH3 is 2. The molecule has 0 radical (unpaired) electrons. The lowest BCUT2D eigenvalue weighted by atomic mass is 10.2. The Morgan fingerprint density at radius 2 is 1.86 bits per heavy atom. The third-order valence-corrected chi connectivity index (χ3v) is 4.17. The molecule has 0 aliphatic heterocycles. The SMILES string of the molecule is CCCC(COC)S(=O)(=O)CCOC. The van der Waals surface area contributed by atoms with Crippen molar-refractivity contribution >= 4 is 9.84 Å². The van der Waals surface area contributed by atoms with Crippen LogP contribution in [-0.2, 0) is 19.3 Å². The van der Waals surface area contributed by atoms with E-state index in [-0.39, 0.29) is 24.2 Å². The van der Waals surface area contributed by atoms with Gasteiger partial charge < -0.3 is 9.47 Å². The van der Waals surface area contributed by atoms with Gasteiger partial charge in [-0.15, -0.1) is 0 Å². The molecule has 0 saturated heterocycles. The molecular formula is C9H20O4S. The van der Waals surface area contributed by atoms with Crippen molar-refractivity contribution in [2.75, 3.05) is 33.2 Å². The molecule has 86 valence electrons. The molecule has 0 bridgehead atoms. The van der Waals surface area contributed by atoms with E-state index in [1.54, 1.807) is 0 Å². The highest BCUT2D eigenvalue weighted by Gasteiger charge is 2.23. The highest BCUT2D eigenvalue weighted by Crippen LogP contribution is 2.10. The second-order valence-corrected chi connectivity index (χ2v) is 5.63. The smallest absolute Gasteiger partial charge is 0.157 e. The zero-order chi connectivity index (χ0) is 11.0. The largest absolute Gasteiger partial charge is 0.384 e. The number of hydrogen-bond acceptors (Lipinski definition) is 4. The highest BCUT2D eigenvalue weighted by atomic mass is 32.2. The molecule has 0 rings (SSSR count). The van der Waals surface area contributed by atoms with Gasteiger partial charge in [-0.25, -0.2) is 8.42 Å². The van der Waals surface area contributed by atoms with Crippen molar-refractivity contribution in [3.8, 4) is 0 Å². The van der Waals surface area contributed by atoms with E-state index in [9.17, 15) is 8.42 Å². The molecule has 14 heavy (non-hydrogen) atoms. The van der Waals surface area contributed by atoms with Crippen LogP contribution in [0.3, 0.4) is 0 Å². The summed E-state index contributed by atoms with van der Waals surface area (Å²) in [4.78, 5) is 0. The van der Waals surface area contributed by atoms with E-state index >= 15 is 0 Å². The number of hydrogen-bond donors (Lipinski definition) is 0. The Morgan fingerprint density at radius 3 is 2.29 bits per heavy atom. The summed E-state index contributed by atoms with van der Waals surface area (Å²) in [6, 6.07) is 0. The standard InChI is InChI=1S/C9H20O4S/c1-4-5-9(8-13-3)14(10,11)7-6-12-2/h9H,4-8H2,1-3H3. The van der Waals surface area contributed by atoms with Crippen LogP contribution in [0.1, 0.15) is 19.8 Å². The Balaban J connectivity index is 4.29. The number of ether oxygens (including phenoxy) is 2. The third-order valence-electron chi connectivity index (χ3n) is 2.04. The van der Waals surface area contributed by atoms with Crippen LogP contribution in [0.4, 0.5) is 0 Å². The maximum Gasteiger partial charge on any atom is 0.157 e. The molecule has 0 saturated carbocycles. The van der Waals surface area contributed by atoms with E-state index in [2.05, 4.69) is 0 Å². The Hall–Kier alpha value is -0.130. The average Bonchev–Trinajstić information content (AvgIpc) is 2.14. The van der Waals surface area contributed by atoms with Crippen LogP contribution in [0.25, 0.3) is 0 Å². The van der Waals surface area contributed by atoms with Gasteiger partial charge in [0.25, 0.3) is 0 Å². The zero-order valence-electron chi connectivity index (χ0n) is 9.15. The predicted octanol–water partition coefficient (Wildman–Crippen LogP) is 0.863. The van der Waals surface area contributed by atoms with Crippen molar-refractivity contribution in [1.29, 1.82) is 0 Å². The quantitative estimate of drug-likeness (QED) is 0.613. The minimum atomic E-state index is -3.06. The second kappa shape index (κ2) is 7.20. The third kappa shape index (κ3) is 4.93. The normalized spacial score (nSPS) is 14.2. The van der Waals surface area contributed by atoms with Gasteiger partial charge in [0, 0.05) is 14.2 Å². The maximum atomic E-state index is 11.7. The fourth-order valence-corrected chi connectivity index (χ4v) is 2.91. The average molecular weight is 224 g/mol. The van der Waals surface area contributed by atoms with Gasteiger partial charge in [-0.05, 0) is 6.42 Å². The van der Waals surface area contributed by atoms with E-state index in [1.807, 2.05) is 6.92 Å². The number of sulfone groups is 1. The molecule has 0 fully saturated rings. The summed E-state index contributed by atoms with van der Waals surface area (Å²) in [5.41, 5.74) is 0. The Labute approximate surface area is 86.5 Å². The number of rotatable bonds is 8. The van der Waals surface area contributed by atoms with Crippen molar-refractivity contribution in [3.63, 3.8) is 0 Å². The summed E-state index contributed by atoms with van der Waals surface area (Å²) in [6.45, 7) is 2.50. The molecule has 1 atom stereocenters. The Bertz CT molecular complexity index is 217. The summed E-state index contributed by atoms with van der Waals surface area (Å²) < 4.78 is 33.1. The van der Waals surface area contributed by atoms with Crippen molar-refractivity contribution in [2.24, 2.45) is 0 Å². The lowest BCUT2D eigenvalue weighted by molar-refractivity contribution is 0.192. The Morgan fingerprint density at radius 1 is 1.21 bits per heavy atom. The molecule has 0 aromatic carbocycles. The minimum absolute atomic E-state index is 0.0809. The maximum absolute atomic E-state index is 11.7. The fourth-order valence-electron chi connectivity index (χ4n) is 1.24. The molecule has 1 unspecified atom stereocenters. The molecule has 0 N–H and O–H groups in total. The van der Waals surface area contributed by atoms with Gasteiger partial charge in [0.05, 0.1) is 24.2 Å². The van der Waals surface area contributed by atoms with Gasteiger partial charge in [-0.2, -0.15) is 0 Å². The second-order valence-electron chi connectivity index (χ2n) is 3.23. The first-order valence-corrected chi connectivity index (χ1v) is 6.49. The van der Waals surface area contributed by atoms with Crippen LogP contribution in [0.15, 0.2) is 0 Å². The van der Waals surface area contributed by atoms with Crippen molar-refractivity contribution in [1.82, 2.24) is 0 Å². The minimum Gasteiger partial charge on any atom is -0.384 e. The van der Waals surface area contributed by atoms with Crippen LogP contribution in [0.2, 0.25) is 0 Å². The predicted molar refractivity (Wildman–Crippen MR) is 56.2 cm³/mol. The van der Waals surface area contributed by atoms with E-state index < -0.39 is 9.84 Å². The lowest BCUT2D eigenvalue weighted by Gasteiger charge is -2.15. The van der Waals surface area contributed by atoms with Gasteiger partial charge in [-0.1, -0.05) is 13.3 Å². The highest BCUT2D eigenvalue weighted by molar-refractivity contribution is 7.92. The molecular weight excluding hydrogens is 204 g/mol. The van der Waals surface area contributed by atoms with Crippen LogP contribution < -0.4 is 0 Å². The first-order chi connectivity index (χ1) is 6.58. The summed E-state index contributed by atoms with van der Waals surface area (Å²) in [5.74, 6) is 0.0809. The Kier molecular flexibility index (Phi) is 7.13.